The highest BCUT2D eigenvalue weighted by Gasteiger charge is 2.30. The molecule has 3 N–H and O–H groups in total. The Morgan fingerprint density at radius 3 is 2.94 bits per heavy atom. The van der Waals surface area contributed by atoms with Gasteiger partial charge in [-0.15, -0.1) is 0 Å². The maximum atomic E-state index is 10.3. The van der Waals surface area contributed by atoms with Gasteiger partial charge in [-0.25, -0.2) is 0 Å². The van der Waals surface area contributed by atoms with Crippen LogP contribution in [0, 0.1) is 0 Å². The Hall–Kier alpha value is -0.770. The summed E-state index contributed by atoms with van der Waals surface area (Å²) in [6.45, 7) is 1.52. The van der Waals surface area contributed by atoms with Crippen molar-refractivity contribution in [3.63, 3.8) is 0 Å². The van der Waals surface area contributed by atoms with Gasteiger partial charge < -0.3 is 15.5 Å². The molecule has 1 unspecified atom stereocenters. The van der Waals surface area contributed by atoms with Crippen molar-refractivity contribution < 1.29 is 10.2 Å². The summed E-state index contributed by atoms with van der Waals surface area (Å²) >= 11 is 5.87. The van der Waals surface area contributed by atoms with Crippen LogP contribution in [0.5, 0.6) is 5.75 Å². The van der Waals surface area contributed by atoms with Crippen molar-refractivity contribution in [3.05, 3.63) is 28.8 Å². The van der Waals surface area contributed by atoms with E-state index in [1.807, 2.05) is 0 Å². The molecule has 1 fully saturated rings. The van der Waals surface area contributed by atoms with Gasteiger partial charge >= 0.3 is 0 Å². The highest BCUT2D eigenvalue weighted by Crippen LogP contribution is 2.28. The van der Waals surface area contributed by atoms with Crippen molar-refractivity contribution >= 4 is 11.6 Å². The first-order chi connectivity index (χ1) is 7.59. The minimum absolute atomic E-state index is 0.198. The van der Waals surface area contributed by atoms with Crippen molar-refractivity contribution in [3.8, 4) is 5.75 Å². The zero-order valence-electron chi connectivity index (χ0n) is 9.04. The first-order valence-electron chi connectivity index (χ1n) is 5.50. The highest BCUT2D eigenvalue weighted by molar-refractivity contribution is 6.30. The number of piperidine rings is 1. The third kappa shape index (κ3) is 2.67. The molecule has 0 spiro atoms. The topological polar surface area (TPSA) is 52.5 Å². The molecule has 0 aromatic heterocycles. The van der Waals surface area contributed by atoms with Crippen LogP contribution in [0.4, 0.5) is 0 Å². The lowest BCUT2D eigenvalue weighted by Gasteiger charge is -2.33. The van der Waals surface area contributed by atoms with Gasteiger partial charge in [-0.2, -0.15) is 0 Å². The molecular formula is C12H16ClNO2. The van der Waals surface area contributed by atoms with Crippen LogP contribution < -0.4 is 5.32 Å². The van der Waals surface area contributed by atoms with Gasteiger partial charge in [0.1, 0.15) is 5.75 Å². The number of aromatic hydroxyl groups is 1. The van der Waals surface area contributed by atoms with E-state index in [1.165, 1.54) is 0 Å². The molecule has 16 heavy (non-hydrogen) atoms. The van der Waals surface area contributed by atoms with E-state index in [0.717, 1.165) is 19.4 Å². The van der Waals surface area contributed by atoms with E-state index in [9.17, 15) is 10.2 Å². The summed E-state index contributed by atoms with van der Waals surface area (Å²) in [7, 11) is 0. The molecule has 88 valence electrons. The molecule has 0 amide bonds. The molecule has 1 saturated heterocycles. The smallest absolute Gasteiger partial charge is 0.118 e. The van der Waals surface area contributed by atoms with E-state index in [2.05, 4.69) is 5.32 Å². The Labute approximate surface area is 100 Å². The summed E-state index contributed by atoms with van der Waals surface area (Å²) in [6.07, 6.45) is 2.15. The van der Waals surface area contributed by atoms with E-state index in [1.54, 1.807) is 18.2 Å². The van der Waals surface area contributed by atoms with E-state index in [0.29, 0.717) is 23.6 Å². The van der Waals surface area contributed by atoms with Crippen molar-refractivity contribution in [1.29, 1.82) is 0 Å². The summed E-state index contributed by atoms with van der Waals surface area (Å²) in [5.74, 6) is 0.198. The molecule has 1 aromatic rings. The predicted molar refractivity (Wildman–Crippen MR) is 63.9 cm³/mol. The van der Waals surface area contributed by atoms with Gasteiger partial charge in [0.15, 0.2) is 0 Å². The Morgan fingerprint density at radius 2 is 2.25 bits per heavy atom. The number of phenols is 1. The Bertz CT molecular complexity index is 375. The Balaban J connectivity index is 2.15. The van der Waals surface area contributed by atoms with Crippen molar-refractivity contribution in [2.45, 2.75) is 24.9 Å². The lowest BCUT2D eigenvalue weighted by Crippen LogP contribution is -2.47. The molecule has 2 rings (SSSR count). The summed E-state index contributed by atoms with van der Waals surface area (Å²) in [6, 6.07) is 4.92. The van der Waals surface area contributed by atoms with Gasteiger partial charge in [0.2, 0.25) is 0 Å². The van der Waals surface area contributed by atoms with E-state index < -0.39 is 5.60 Å². The largest absolute Gasteiger partial charge is 0.508 e. The van der Waals surface area contributed by atoms with E-state index >= 15 is 0 Å². The average molecular weight is 242 g/mol. The monoisotopic (exact) mass is 241 g/mol. The normalized spacial score (nSPS) is 25.6. The highest BCUT2D eigenvalue weighted by atomic mass is 35.5. The van der Waals surface area contributed by atoms with Gasteiger partial charge in [0, 0.05) is 18.0 Å². The minimum Gasteiger partial charge on any atom is -0.508 e. The van der Waals surface area contributed by atoms with Gasteiger partial charge in [0.25, 0.3) is 0 Å². The molecule has 3 nitrogen and oxygen atoms in total. The van der Waals surface area contributed by atoms with Crippen LogP contribution in [0.15, 0.2) is 18.2 Å². The van der Waals surface area contributed by atoms with Crippen LogP contribution in [-0.4, -0.2) is 28.9 Å². The lowest BCUT2D eigenvalue weighted by molar-refractivity contribution is 0.0165. The number of hydrogen-bond donors (Lipinski definition) is 3. The van der Waals surface area contributed by atoms with Crippen LogP contribution in [0.3, 0.4) is 0 Å². The first kappa shape index (κ1) is 11.7. The quantitative estimate of drug-likeness (QED) is 0.739. The molecule has 1 aliphatic rings. The number of β-amino-alcohol motifs (C(OH)–C–C–N with tert-alkyl or cyclic N) is 1. The van der Waals surface area contributed by atoms with Crippen LogP contribution in [0.2, 0.25) is 5.02 Å². The predicted octanol–water partition coefficient (Wildman–Crippen LogP) is 1.70. The maximum absolute atomic E-state index is 10.3. The van der Waals surface area contributed by atoms with Crippen molar-refractivity contribution in [2.24, 2.45) is 0 Å². The fourth-order valence-electron chi connectivity index (χ4n) is 2.15. The minimum atomic E-state index is -0.763. The SMILES string of the molecule is Oc1ccc(Cl)cc1CC1(O)CCCNC1. The van der Waals surface area contributed by atoms with Gasteiger partial charge in [-0.1, -0.05) is 11.6 Å². The van der Waals surface area contributed by atoms with Crippen molar-refractivity contribution in [1.82, 2.24) is 5.32 Å². The lowest BCUT2D eigenvalue weighted by atomic mass is 9.87. The fourth-order valence-corrected chi connectivity index (χ4v) is 2.35. The number of aliphatic hydroxyl groups is 1. The van der Waals surface area contributed by atoms with Crippen LogP contribution in [0.25, 0.3) is 0 Å². The number of nitrogens with one attached hydrogen (secondary N) is 1. The molecule has 0 aliphatic carbocycles. The second kappa shape index (κ2) is 4.62. The molecule has 0 bridgehead atoms. The molecule has 4 heteroatoms. The maximum Gasteiger partial charge on any atom is 0.118 e. The number of halogens is 1. The molecular weight excluding hydrogens is 226 g/mol. The zero-order valence-corrected chi connectivity index (χ0v) is 9.80. The average Bonchev–Trinajstić information content (AvgIpc) is 2.24. The molecule has 1 atom stereocenters. The molecule has 0 saturated carbocycles. The van der Waals surface area contributed by atoms with E-state index in [-0.39, 0.29) is 5.75 Å². The third-order valence-electron chi connectivity index (χ3n) is 3.01. The summed E-state index contributed by atoms with van der Waals surface area (Å²) in [5, 5.41) is 23.8. The standard InChI is InChI=1S/C12H16ClNO2/c13-10-2-3-11(15)9(6-10)7-12(16)4-1-5-14-8-12/h2-3,6,14-16H,1,4-5,7-8H2. The van der Waals surface area contributed by atoms with E-state index in [4.69, 9.17) is 11.6 Å². The van der Waals surface area contributed by atoms with Crippen LogP contribution in [-0.2, 0) is 6.42 Å². The van der Waals surface area contributed by atoms with Gasteiger partial charge in [0.05, 0.1) is 5.60 Å². The molecule has 1 aliphatic heterocycles. The molecule has 0 radical (unpaired) electrons. The summed E-state index contributed by atoms with van der Waals surface area (Å²) in [4.78, 5) is 0. The van der Waals surface area contributed by atoms with Crippen molar-refractivity contribution in [2.75, 3.05) is 13.1 Å². The number of hydrogen-bond acceptors (Lipinski definition) is 3. The Kier molecular flexibility index (Phi) is 3.38. The number of benzene rings is 1. The second-order valence-corrected chi connectivity index (χ2v) is 4.89. The van der Waals surface area contributed by atoms with Crippen LogP contribution in [0.1, 0.15) is 18.4 Å². The molecule has 1 aromatic carbocycles. The second-order valence-electron chi connectivity index (χ2n) is 4.45. The third-order valence-corrected chi connectivity index (χ3v) is 3.25. The number of phenolic OH excluding ortho intramolecular Hbond substituents is 1. The number of rotatable bonds is 2. The van der Waals surface area contributed by atoms with Crippen LogP contribution >= 0.6 is 11.6 Å². The van der Waals surface area contributed by atoms with Gasteiger partial charge in [-0.3, -0.25) is 0 Å². The molecule has 1 heterocycles. The summed E-state index contributed by atoms with van der Waals surface area (Å²) < 4.78 is 0. The first-order valence-corrected chi connectivity index (χ1v) is 5.87. The summed E-state index contributed by atoms with van der Waals surface area (Å²) in [5.41, 5.74) is -0.0564. The fraction of sp³-hybridized carbons (Fsp3) is 0.500. The Morgan fingerprint density at radius 1 is 1.44 bits per heavy atom. The van der Waals surface area contributed by atoms with Gasteiger partial charge in [-0.05, 0) is 43.1 Å². The zero-order chi connectivity index (χ0) is 11.6.